The van der Waals surface area contributed by atoms with E-state index in [0.717, 1.165) is 16.6 Å². The topological polar surface area (TPSA) is 48.9 Å². The van der Waals surface area contributed by atoms with Crippen LogP contribution >= 0.6 is 0 Å². The average molecular weight is 176 g/mol. The van der Waals surface area contributed by atoms with Crippen LogP contribution in [0.15, 0.2) is 24.5 Å². The molecule has 2 N–H and O–H groups in total. The Morgan fingerprint density at radius 1 is 1.62 bits per heavy atom. The summed E-state index contributed by atoms with van der Waals surface area (Å²) in [6.07, 6.45) is 4.00. The SMILES string of the molecule is CC(O)Cc1c[nH]c2cccnc12. The van der Waals surface area contributed by atoms with Crippen LogP contribution in [-0.4, -0.2) is 21.2 Å². The summed E-state index contributed by atoms with van der Waals surface area (Å²) in [7, 11) is 0. The molecule has 3 nitrogen and oxygen atoms in total. The van der Waals surface area contributed by atoms with Crippen molar-refractivity contribution >= 4 is 11.0 Å². The Labute approximate surface area is 76.4 Å². The Morgan fingerprint density at radius 3 is 3.23 bits per heavy atom. The Kier molecular flexibility index (Phi) is 2.02. The largest absolute Gasteiger partial charge is 0.393 e. The first-order valence-corrected chi connectivity index (χ1v) is 4.36. The summed E-state index contributed by atoms with van der Waals surface area (Å²) < 4.78 is 0. The van der Waals surface area contributed by atoms with Crippen molar-refractivity contribution in [2.45, 2.75) is 19.4 Å². The van der Waals surface area contributed by atoms with Gasteiger partial charge in [0.05, 0.1) is 17.1 Å². The summed E-state index contributed by atoms with van der Waals surface area (Å²) in [6.45, 7) is 1.78. The van der Waals surface area contributed by atoms with E-state index >= 15 is 0 Å². The lowest BCUT2D eigenvalue weighted by molar-refractivity contribution is 0.196. The van der Waals surface area contributed by atoms with Crippen molar-refractivity contribution < 1.29 is 5.11 Å². The van der Waals surface area contributed by atoms with Crippen molar-refractivity contribution in [1.82, 2.24) is 9.97 Å². The molecule has 2 heterocycles. The molecule has 3 heteroatoms. The van der Waals surface area contributed by atoms with Crippen molar-refractivity contribution in [3.8, 4) is 0 Å². The minimum absolute atomic E-state index is 0.319. The maximum Gasteiger partial charge on any atom is 0.0911 e. The molecule has 0 aliphatic heterocycles. The molecule has 2 rings (SSSR count). The molecule has 0 aliphatic rings. The molecule has 1 unspecified atom stereocenters. The molecular weight excluding hydrogens is 164 g/mol. The number of hydrogen-bond acceptors (Lipinski definition) is 2. The van der Waals surface area contributed by atoms with Crippen molar-refractivity contribution in [3.05, 3.63) is 30.1 Å². The van der Waals surface area contributed by atoms with E-state index in [1.807, 2.05) is 18.3 Å². The van der Waals surface area contributed by atoms with E-state index in [1.165, 1.54) is 0 Å². The van der Waals surface area contributed by atoms with Gasteiger partial charge in [-0.05, 0) is 24.6 Å². The Morgan fingerprint density at radius 2 is 2.46 bits per heavy atom. The monoisotopic (exact) mass is 176 g/mol. The maximum absolute atomic E-state index is 9.24. The van der Waals surface area contributed by atoms with Gasteiger partial charge in [0.2, 0.25) is 0 Å². The van der Waals surface area contributed by atoms with Crippen LogP contribution in [-0.2, 0) is 6.42 Å². The molecule has 2 aromatic rings. The molecule has 0 saturated carbocycles. The molecule has 0 aromatic carbocycles. The second kappa shape index (κ2) is 3.18. The number of pyridine rings is 1. The van der Waals surface area contributed by atoms with Gasteiger partial charge in [0.1, 0.15) is 0 Å². The summed E-state index contributed by atoms with van der Waals surface area (Å²) in [5.41, 5.74) is 3.06. The number of H-pyrrole nitrogens is 1. The van der Waals surface area contributed by atoms with Crippen LogP contribution in [0.25, 0.3) is 11.0 Å². The van der Waals surface area contributed by atoms with E-state index in [4.69, 9.17) is 0 Å². The van der Waals surface area contributed by atoms with Gasteiger partial charge in [-0.25, -0.2) is 0 Å². The fraction of sp³-hybridized carbons (Fsp3) is 0.300. The van der Waals surface area contributed by atoms with Gasteiger partial charge in [-0.3, -0.25) is 4.98 Å². The molecule has 1 atom stereocenters. The first kappa shape index (κ1) is 8.26. The standard InChI is InChI=1S/C10H12N2O/c1-7(13)5-8-6-12-9-3-2-4-11-10(8)9/h2-4,6-7,12-13H,5H2,1H3. The maximum atomic E-state index is 9.24. The van der Waals surface area contributed by atoms with E-state index in [-0.39, 0.29) is 6.10 Å². The molecule has 0 fully saturated rings. The van der Waals surface area contributed by atoms with Gasteiger partial charge in [-0.2, -0.15) is 0 Å². The van der Waals surface area contributed by atoms with E-state index in [2.05, 4.69) is 9.97 Å². The van der Waals surface area contributed by atoms with Gasteiger partial charge in [0.15, 0.2) is 0 Å². The Hall–Kier alpha value is -1.35. The van der Waals surface area contributed by atoms with Gasteiger partial charge in [0.25, 0.3) is 0 Å². The Balaban J connectivity index is 2.46. The van der Waals surface area contributed by atoms with Gasteiger partial charge in [-0.15, -0.1) is 0 Å². The van der Waals surface area contributed by atoms with Crippen LogP contribution in [0.4, 0.5) is 0 Å². The summed E-state index contributed by atoms with van der Waals surface area (Å²) >= 11 is 0. The second-order valence-electron chi connectivity index (χ2n) is 3.27. The predicted molar refractivity (Wildman–Crippen MR) is 51.5 cm³/mol. The van der Waals surface area contributed by atoms with Crippen molar-refractivity contribution in [2.75, 3.05) is 0 Å². The molecule has 13 heavy (non-hydrogen) atoms. The molecule has 0 aliphatic carbocycles. The third-order valence-electron chi connectivity index (χ3n) is 2.03. The Bertz CT molecular complexity index is 406. The average Bonchev–Trinajstić information content (AvgIpc) is 2.48. The molecule has 2 aromatic heterocycles. The fourth-order valence-electron chi connectivity index (χ4n) is 1.48. The molecular formula is C10H12N2O. The number of nitrogens with one attached hydrogen (secondary N) is 1. The second-order valence-corrected chi connectivity index (χ2v) is 3.27. The van der Waals surface area contributed by atoms with E-state index in [1.54, 1.807) is 13.1 Å². The smallest absolute Gasteiger partial charge is 0.0911 e. The summed E-state index contributed by atoms with van der Waals surface area (Å²) in [5, 5.41) is 9.24. The third kappa shape index (κ3) is 1.55. The van der Waals surface area contributed by atoms with Crippen molar-refractivity contribution in [3.63, 3.8) is 0 Å². The third-order valence-corrected chi connectivity index (χ3v) is 2.03. The zero-order valence-corrected chi connectivity index (χ0v) is 7.49. The zero-order valence-electron chi connectivity index (χ0n) is 7.49. The highest BCUT2D eigenvalue weighted by molar-refractivity contribution is 5.78. The van der Waals surface area contributed by atoms with Crippen LogP contribution in [0.2, 0.25) is 0 Å². The number of aliphatic hydroxyl groups excluding tert-OH is 1. The summed E-state index contributed by atoms with van der Waals surface area (Å²) in [6, 6.07) is 3.87. The normalized spacial score (nSPS) is 13.4. The number of aromatic nitrogens is 2. The quantitative estimate of drug-likeness (QED) is 0.728. The summed E-state index contributed by atoms with van der Waals surface area (Å²) in [5.74, 6) is 0. The highest BCUT2D eigenvalue weighted by atomic mass is 16.3. The predicted octanol–water partition coefficient (Wildman–Crippen LogP) is 1.49. The fourth-order valence-corrected chi connectivity index (χ4v) is 1.48. The highest BCUT2D eigenvalue weighted by Crippen LogP contribution is 2.16. The van der Waals surface area contributed by atoms with Crippen LogP contribution in [0.3, 0.4) is 0 Å². The highest BCUT2D eigenvalue weighted by Gasteiger charge is 2.06. The minimum atomic E-state index is -0.319. The van der Waals surface area contributed by atoms with Gasteiger partial charge in [0, 0.05) is 18.8 Å². The lowest BCUT2D eigenvalue weighted by atomic mass is 10.1. The van der Waals surface area contributed by atoms with Gasteiger partial charge in [-0.1, -0.05) is 0 Å². The zero-order chi connectivity index (χ0) is 9.26. The summed E-state index contributed by atoms with van der Waals surface area (Å²) in [4.78, 5) is 7.37. The van der Waals surface area contributed by atoms with Crippen LogP contribution < -0.4 is 0 Å². The van der Waals surface area contributed by atoms with Gasteiger partial charge >= 0.3 is 0 Å². The first-order valence-electron chi connectivity index (χ1n) is 4.36. The molecule has 0 bridgehead atoms. The molecule has 0 amide bonds. The molecule has 0 saturated heterocycles. The lowest BCUT2D eigenvalue weighted by Crippen LogP contribution is -2.03. The van der Waals surface area contributed by atoms with E-state index in [0.29, 0.717) is 6.42 Å². The molecule has 0 radical (unpaired) electrons. The van der Waals surface area contributed by atoms with E-state index < -0.39 is 0 Å². The number of rotatable bonds is 2. The number of hydrogen-bond donors (Lipinski definition) is 2. The first-order chi connectivity index (χ1) is 6.27. The number of nitrogens with zero attached hydrogens (tertiary/aromatic N) is 1. The lowest BCUT2D eigenvalue weighted by Gasteiger charge is -2.00. The number of aromatic amines is 1. The molecule has 68 valence electrons. The van der Waals surface area contributed by atoms with Crippen LogP contribution in [0, 0.1) is 0 Å². The number of aliphatic hydroxyl groups is 1. The van der Waals surface area contributed by atoms with E-state index in [9.17, 15) is 5.11 Å². The van der Waals surface area contributed by atoms with Gasteiger partial charge < -0.3 is 10.1 Å². The van der Waals surface area contributed by atoms with Crippen molar-refractivity contribution in [1.29, 1.82) is 0 Å². The van der Waals surface area contributed by atoms with Crippen LogP contribution in [0.5, 0.6) is 0 Å². The minimum Gasteiger partial charge on any atom is -0.393 e. The number of fused-ring (bicyclic) bond motifs is 1. The van der Waals surface area contributed by atoms with Crippen LogP contribution in [0.1, 0.15) is 12.5 Å². The van der Waals surface area contributed by atoms with Crippen molar-refractivity contribution in [2.24, 2.45) is 0 Å². The molecule has 0 spiro atoms.